The number of nitrogens with zero attached hydrogens (tertiary/aromatic N) is 3. The molecule has 0 spiro atoms. The number of nitrogens with one attached hydrogen (secondary N) is 3. The van der Waals surface area contributed by atoms with Crippen molar-refractivity contribution in [3.63, 3.8) is 0 Å². The van der Waals surface area contributed by atoms with Crippen molar-refractivity contribution >= 4 is 17.3 Å². The molecule has 3 rings (SSSR count). The first-order valence-electron chi connectivity index (χ1n) is 9.35. The van der Waals surface area contributed by atoms with Crippen LogP contribution >= 0.6 is 11.3 Å². The zero-order valence-corrected chi connectivity index (χ0v) is 17.6. The van der Waals surface area contributed by atoms with Crippen LogP contribution in [-0.4, -0.2) is 46.4 Å². The van der Waals surface area contributed by atoms with Crippen LogP contribution in [0.4, 0.5) is 0 Å². The third-order valence-corrected chi connectivity index (χ3v) is 5.04. The molecular weight excluding hydrogens is 388 g/mol. The van der Waals surface area contributed by atoms with Gasteiger partial charge in [0.25, 0.3) is 0 Å². The number of benzene rings is 1. The number of hydrogen-bond acceptors (Lipinski definition) is 6. The quantitative estimate of drug-likeness (QED) is 0.333. The third kappa shape index (κ3) is 5.55. The topological polar surface area (TPSA) is 107 Å². The molecule has 3 aromatic rings. The van der Waals surface area contributed by atoms with Gasteiger partial charge in [0, 0.05) is 12.1 Å². The summed E-state index contributed by atoms with van der Waals surface area (Å²) in [6.07, 6.45) is 0. The third-order valence-electron chi connectivity index (χ3n) is 4.35. The second kappa shape index (κ2) is 9.53. The number of aromatic nitrogens is 3. The fourth-order valence-corrected chi connectivity index (χ4v) is 3.44. The van der Waals surface area contributed by atoms with Crippen molar-refractivity contribution in [2.45, 2.75) is 26.0 Å². The highest BCUT2D eigenvalue weighted by Gasteiger charge is 2.23. The molecule has 0 bridgehead atoms. The Kier molecular flexibility index (Phi) is 6.84. The molecule has 1 unspecified atom stereocenters. The van der Waals surface area contributed by atoms with E-state index in [4.69, 9.17) is 4.74 Å². The van der Waals surface area contributed by atoms with E-state index in [0.29, 0.717) is 37.2 Å². The molecule has 4 N–H and O–H groups in total. The number of hydrogen-bond donors (Lipinski definition) is 4. The van der Waals surface area contributed by atoms with E-state index in [2.05, 4.69) is 30.8 Å². The van der Waals surface area contributed by atoms with E-state index in [-0.39, 0.29) is 0 Å². The molecule has 29 heavy (non-hydrogen) atoms. The van der Waals surface area contributed by atoms with Gasteiger partial charge in [-0.1, -0.05) is 0 Å². The van der Waals surface area contributed by atoms with E-state index in [1.54, 1.807) is 25.4 Å². The molecule has 0 saturated carbocycles. The van der Waals surface area contributed by atoms with Gasteiger partial charge in [-0.2, -0.15) is 16.4 Å². The molecule has 9 heteroatoms. The maximum Gasteiger partial charge on any atom is 0.191 e. The van der Waals surface area contributed by atoms with Gasteiger partial charge in [-0.05, 0) is 60.5 Å². The first kappa shape index (κ1) is 20.8. The van der Waals surface area contributed by atoms with Gasteiger partial charge < -0.3 is 20.5 Å². The molecule has 8 nitrogen and oxygen atoms in total. The minimum atomic E-state index is -0.982. The Labute approximate surface area is 174 Å². The number of methoxy groups -OCH3 is 1. The molecule has 0 saturated heterocycles. The Morgan fingerprint density at radius 2 is 2.07 bits per heavy atom. The highest BCUT2D eigenvalue weighted by molar-refractivity contribution is 7.08. The predicted octanol–water partition coefficient (Wildman–Crippen LogP) is 2.50. The van der Waals surface area contributed by atoms with Crippen LogP contribution in [-0.2, 0) is 12.1 Å². The lowest BCUT2D eigenvalue weighted by atomic mass is 9.99. The molecular formula is C20H26N6O2S. The maximum absolute atomic E-state index is 10.7. The first-order chi connectivity index (χ1) is 14.0. The summed E-state index contributed by atoms with van der Waals surface area (Å²) in [7, 11) is 1.63. The zero-order valence-electron chi connectivity index (χ0n) is 16.8. The summed E-state index contributed by atoms with van der Waals surface area (Å²) in [5.74, 6) is 2.65. The fraction of sp³-hybridized carbons (Fsp3) is 0.350. The van der Waals surface area contributed by atoms with Crippen molar-refractivity contribution in [2.24, 2.45) is 4.99 Å². The molecule has 154 valence electrons. The second-order valence-electron chi connectivity index (χ2n) is 6.67. The minimum absolute atomic E-state index is 0.332. The Morgan fingerprint density at radius 3 is 2.72 bits per heavy atom. The number of ether oxygens (including phenoxy) is 1. The van der Waals surface area contributed by atoms with Crippen LogP contribution in [0, 0.1) is 0 Å². The van der Waals surface area contributed by atoms with Gasteiger partial charge in [0.15, 0.2) is 11.8 Å². The Bertz CT molecular complexity index is 919. The lowest BCUT2D eigenvalue weighted by molar-refractivity contribution is 0.0621. The predicted molar refractivity (Wildman–Crippen MR) is 115 cm³/mol. The molecule has 0 aliphatic rings. The number of guanidine groups is 1. The van der Waals surface area contributed by atoms with Gasteiger partial charge >= 0.3 is 0 Å². The average Bonchev–Trinajstić information content (AvgIpc) is 3.43. The Morgan fingerprint density at radius 1 is 1.28 bits per heavy atom. The van der Waals surface area contributed by atoms with Gasteiger partial charge in [-0.25, -0.2) is 9.98 Å². The van der Waals surface area contributed by atoms with E-state index in [0.717, 1.165) is 16.9 Å². The summed E-state index contributed by atoms with van der Waals surface area (Å²) < 4.78 is 5.17. The Hall–Kier alpha value is -2.91. The highest BCUT2D eigenvalue weighted by atomic mass is 32.1. The van der Waals surface area contributed by atoms with Crippen LogP contribution < -0.4 is 15.4 Å². The first-order valence-corrected chi connectivity index (χ1v) is 10.3. The van der Waals surface area contributed by atoms with Crippen LogP contribution in [0.2, 0.25) is 0 Å². The van der Waals surface area contributed by atoms with Gasteiger partial charge in [-0.15, -0.1) is 0 Å². The van der Waals surface area contributed by atoms with Crippen LogP contribution in [0.5, 0.6) is 5.75 Å². The van der Waals surface area contributed by atoms with Gasteiger partial charge in [0.05, 0.1) is 13.7 Å². The summed E-state index contributed by atoms with van der Waals surface area (Å²) >= 11 is 1.56. The SMILES string of the molecule is CCNC(=NCc1nc(-c2ccc(OC)cc2)n[nH]1)NCC(C)(O)c1ccsc1. The van der Waals surface area contributed by atoms with Crippen LogP contribution in [0.15, 0.2) is 46.1 Å². The lowest BCUT2D eigenvalue weighted by Gasteiger charge is -2.24. The molecule has 0 amide bonds. The monoisotopic (exact) mass is 414 g/mol. The van der Waals surface area contributed by atoms with Crippen molar-refractivity contribution in [3.8, 4) is 17.1 Å². The van der Waals surface area contributed by atoms with E-state index in [9.17, 15) is 5.11 Å². The summed E-state index contributed by atoms with van der Waals surface area (Å²) in [6.45, 7) is 5.15. The van der Waals surface area contributed by atoms with Crippen LogP contribution in [0.1, 0.15) is 25.2 Å². The average molecular weight is 415 g/mol. The molecule has 0 radical (unpaired) electrons. The normalized spacial score (nSPS) is 13.7. The largest absolute Gasteiger partial charge is 0.497 e. The van der Waals surface area contributed by atoms with E-state index >= 15 is 0 Å². The van der Waals surface area contributed by atoms with E-state index in [1.807, 2.05) is 48.0 Å². The number of aliphatic imine (C=N–C) groups is 1. The summed E-state index contributed by atoms with van der Waals surface area (Å²) in [5.41, 5.74) is 0.795. The molecule has 0 aliphatic heterocycles. The zero-order chi connectivity index (χ0) is 20.7. The number of H-pyrrole nitrogens is 1. The number of rotatable bonds is 8. The number of thiophene rings is 1. The van der Waals surface area contributed by atoms with Gasteiger partial charge in [0.1, 0.15) is 23.7 Å². The van der Waals surface area contributed by atoms with Gasteiger partial charge in [-0.3, -0.25) is 5.10 Å². The summed E-state index contributed by atoms with van der Waals surface area (Å²) in [5, 5.41) is 28.1. The van der Waals surface area contributed by atoms with Crippen molar-refractivity contribution in [1.82, 2.24) is 25.8 Å². The van der Waals surface area contributed by atoms with Crippen molar-refractivity contribution in [3.05, 3.63) is 52.5 Å². The standard InChI is InChI=1S/C20H26N6O2S/c1-4-21-19(23-13-20(2,27)15-9-10-29-12-15)22-11-17-24-18(26-25-17)14-5-7-16(28-3)8-6-14/h5-10,12,27H,4,11,13H2,1-3H3,(H2,21,22,23)(H,24,25,26). The molecule has 2 heterocycles. The van der Waals surface area contributed by atoms with Gasteiger partial charge in [0.2, 0.25) is 0 Å². The smallest absolute Gasteiger partial charge is 0.191 e. The highest BCUT2D eigenvalue weighted by Crippen LogP contribution is 2.22. The molecule has 1 atom stereocenters. The summed E-state index contributed by atoms with van der Waals surface area (Å²) in [4.78, 5) is 9.03. The minimum Gasteiger partial charge on any atom is -0.497 e. The Balaban J connectivity index is 1.63. The van der Waals surface area contributed by atoms with E-state index < -0.39 is 5.60 Å². The maximum atomic E-state index is 10.7. The molecule has 0 fully saturated rings. The lowest BCUT2D eigenvalue weighted by Crippen LogP contribution is -2.44. The summed E-state index contributed by atoms with van der Waals surface area (Å²) in [6, 6.07) is 9.48. The van der Waals surface area contributed by atoms with Crippen molar-refractivity contribution in [1.29, 1.82) is 0 Å². The second-order valence-corrected chi connectivity index (χ2v) is 7.45. The number of aliphatic hydroxyl groups is 1. The fourth-order valence-electron chi connectivity index (χ4n) is 2.66. The molecule has 1 aromatic carbocycles. The van der Waals surface area contributed by atoms with Crippen LogP contribution in [0.3, 0.4) is 0 Å². The number of aromatic amines is 1. The van der Waals surface area contributed by atoms with E-state index in [1.165, 1.54) is 0 Å². The van der Waals surface area contributed by atoms with Crippen LogP contribution in [0.25, 0.3) is 11.4 Å². The van der Waals surface area contributed by atoms with Crippen molar-refractivity contribution in [2.75, 3.05) is 20.2 Å². The molecule has 2 aromatic heterocycles. The van der Waals surface area contributed by atoms with Crippen molar-refractivity contribution < 1.29 is 9.84 Å². The molecule has 0 aliphatic carbocycles.